The van der Waals surface area contributed by atoms with Crippen LogP contribution >= 0.6 is 0 Å². The first-order chi connectivity index (χ1) is 25.1. The Bertz CT molecular complexity index is 1870. The van der Waals surface area contributed by atoms with Gasteiger partial charge in [-0.1, -0.05) is 19.9 Å². The van der Waals surface area contributed by atoms with Gasteiger partial charge in [0.25, 0.3) is 15.9 Å². The largest absolute Gasteiger partial charge is 0.492 e. The summed E-state index contributed by atoms with van der Waals surface area (Å²) in [4.78, 5) is 60.3. The van der Waals surface area contributed by atoms with Crippen LogP contribution in [0.5, 0.6) is 5.75 Å². The van der Waals surface area contributed by atoms with Crippen LogP contribution < -0.4 is 15.4 Å². The average Bonchev–Trinajstić information content (AvgIpc) is 3.44. The number of hydrogen-bond donors (Lipinski definition) is 2. The predicted octanol–water partition coefficient (Wildman–Crippen LogP) is 3.44. The number of ether oxygens (including phenoxy) is 2. The van der Waals surface area contributed by atoms with Crippen LogP contribution in [0.1, 0.15) is 64.4 Å². The van der Waals surface area contributed by atoms with Crippen LogP contribution in [0.25, 0.3) is 11.0 Å². The number of fused-ring (bicyclic) bond motifs is 1. The van der Waals surface area contributed by atoms with E-state index in [0.717, 1.165) is 4.31 Å². The number of aromatic nitrogens is 1. The molecule has 5 rings (SSSR count). The van der Waals surface area contributed by atoms with Crippen molar-refractivity contribution in [1.29, 1.82) is 0 Å². The fourth-order valence-corrected chi connectivity index (χ4v) is 7.56. The molecule has 3 aromatic rings. The van der Waals surface area contributed by atoms with Gasteiger partial charge in [-0.15, -0.1) is 0 Å². The maximum Gasteiger partial charge on any atom is 0.410 e. The fraction of sp³-hybridized carbons (Fsp3) is 0.541. The van der Waals surface area contributed by atoms with Crippen molar-refractivity contribution in [2.45, 2.75) is 76.6 Å². The van der Waals surface area contributed by atoms with E-state index in [0.29, 0.717) is 68.9 Å². The average molecular weight is 755 g/mol. The number of furan rings is 1. The van der Waals surface area contributed by atoms with Crippen molar-refractivity contribution in [1.82, 2.24) is 29.7 Å². The van der Waals surface area contributed by atoms with E-state index < -0.39 is 51.9 Å². The lowest BCUT2D eigenvalue weighted by Crippen LogP contribution is -2.52. The van der Waals surface area contributed by atoms with Gasteiger partial charge >= 0.3 is 6.09 Å². The molecule has 2 saturated heterocycles. The van der Waals surface area contributed by atoms with Gasteiger partial charge in [0.05, 0.1) is 12.6 Å². The lowest BCUT2D eigenvalue weighted by molar-refractivity contribution is -0.129. The standard InChI is InChI=1S/C37H50N6O9S/c1-25(2)21-29(34(45)39-28-9-8-14-43(24-30(28)44)53(48,49)33-10-6-7-13-38-33)40-35(46)32-23-26-22-27(11-12-31(26)51-32)50-20-19-41-15-17-42(18-16-41)36(47)52-37(3,4)5/h6-7,10-13,22-23,25,28-29H,8-9,14-21,24H2,1-5H3,(H,39,45)(H,40,46). The van der Waals surface area contributed by atoms with E-state index in [1.807, 2.05) is 34.6 Å². The summed E-state index contributed by atoms with van der Waals surface area (Å²) in [6.07, 6.45) is 1.97. The third-order valence-corrected chi connectivity index (χ3v) is 10.7. The minimum atomic E-state index is -3.98. The summed E-state index contributed by atoms with van der Waals surface area (Å²) < 4.78 is 44.6. The summed E-state index contributed by atoms with van der Waals surface area (Å²) in [7, 11) is -3.98. The summed E-state index contributed by atoms with van der Waals surface area (Å²) in [6, 6.07) is 9.51. The fourth-order valence-electron chi connectivity index (χ4n) is 6.19. The molecule has 2 aliphatic rings. The molecule has 0 bridgehead atoms. The van der Waals surface area contributed by atoms with Crippen molar-refractivity contribution >= 4 is 44.7 Å². The molecule has 2 fully saturated rings. The Morgan fingerprint density at radius 3 is 2.47 bits per heavy atom. The highest BCUT2D eigenvalue weighted by atomic mass is 32.2. The molecule has 288 valence electrons. The summed E-state index contributed by atoms with van der Waals surface area (Å²) in [5.74, 6) is -0.920. The van der Waals surface area contributed by atoms with Gasteiger partial charge in [0.15, 0.2) is 16.6 Å². The number of sulfonamides is 1. The Kier molecular flexibility index (Phi) is 12.8. The lowest BCUT2D eigenvalue weighted by atomic mass is 10.0. The number of carbonyl (C=O) groups is 4. The first-order valence-electron chi connectivity index (χ1n) is 18.0. The second kappa shape index (κ2) is 17.1. The number of pyridine rings is 1. The summed E-state index contributed by atoms with van der Waals surface area (Å²) in [6.45, 7) is 12.8. The molecule has 53 heavy (non-hydrogen) atoms. The molecule has 3 amide bonds. The van der Waals surface area contributed by atoms with Gasteiger partial charge in [0, 0.05) is 50.9 Å². The molecule has 2 aliphatic heterocycles. The Balaban J connectivity index is 1.14. The Hall–Kier alpha value is -4.54. The van der Waals surface area contributed by atoms with Gasteiger partial charge in [0.1, 0.15) is 29.6 Å². The van der Waals surface area contributed by atoms with E-state index >= 15 is 0 Å². The number of nitrogens with one attached hydrogen (secondary N) is 2. The van der Waals surface area contributed by atoms with Crippen molar-refractivity contribution in [3.8, 4) is 5.75 Å². The quantitative estimate of drug-likeness (QED) is 0.277. The molecule has 0 spiro atoms. The third kappa shape index (κ3) is 10.8. The zero-order chi connectivity index (χ0) is 38.3. The highest BCUT2D eigenvalue weighted by molar-refractivity contribution is 7.89. The first-order valence-corrected chi connectivity index (χ1v) is 19.4. The molecular weight excluding hydrogens is 705 g/mol. The first kappa shape index (κ1) is 39.7. The Labute approximate surface area is 310 Å². The van der Waals surface area contributed by atoms with Gasteiger partial charge < -0.3 is 29.4 Å². The molecule has 0 radical (unpaired) electrons. The predicted molar refractivity (Wildman–Crippen MR) is 196 cm³/mol. The van der Waals surface area contributed by atoms with Crippen LogP contribution in [0, 0.1) is 5.92 Å². The number of rotatable bonds is 12. The SMILES string of the molecule is CC(C)CC(NC(=O)c1cc2cc(OCCN3CCN(C(=O)OC(C)(C)C)CC3)ccc2o1)C(=O)NC1CCCN(S(=O)(=O)c2ccccn2)CC1=O. The molecule has 1 aromatic carbocycles. The van der Waals surface area contributed by atoms with Gasteiger partial charge in [-0.25, -0.2) is 18.2 Å². The highest BCUT2D eigenvalue weighted by Crippen LogP contribution is 2.25. The molecule has 0 saturated carbocycles. The molecule has 2 atom stereocenters. The second-order valence-electron chi connectivity index (χ2n) is 14.8. The number of piperazine rings is 1. The van der Waals surface area contributed by atoms with Gasteiger partial charge in [-0.2, -0.15) is 4.31 Å². The van der Waals surface area contributed by atoms with Gasteiger partial charge in [0.2, 0.25) is 5.91 Å². The molecule has 2 aromatic heterocycles. The van der Waals surface area contributed by atoms with Crippen molar-refractivity contribution in [2.75, 3.05) is 52.4 Å². The van der Waals surface area contributed by atoms with E-state index in [1.54, 1.807) is 41.3 Å². The van der Waals surface area contributed by atoms with Crippen molar-refractivity contribution < 1.29 is 41.5 Å². The second-order valence-corrected chi connectivity index (χ2v) is 16.7. The van der Waals surface area contributed by atoms with E-state index in [2.05, 4.69) is 20.5 Å². The number of benzene rings is 1. The van der Waals surface area contributed by atoms with Crippen molar-refractivity contribution in [2.24, 2.45) is 5.92 Å². The number of nitrogens with zero attached hydrogens (tertiary/aromatic N) is 4. The van der Waals surface area contributed by atoms with Crippen molar-refractivity contribution in [3.63, 3.8) is 0 Å². The number of Topliss-reactive ketones (excluding diaryl/α,β-unsaturated/α-hetero) is 1. The zero-order valence-electron chi connectivity index (χ0n) is 31.0. The van der Waals surface area contributed by atoms with Crippen LogP contribution in [0.15, 0.2) is 58.1 Å². The molecule has 16 heteroatoms. The number of ketones is 1. The molecule has 2 N–H and O–H groups in total. The Morgan fingerprint density at radius 1 is 1.04 bits per heavy atom. The summed E-state index contributed by atoms with van der Waals surface area (Å²) >= 11 is 0. The van der Waals surface area contributed by atoms with Crippen molar-refractivity contribution in [3.05, 3.63) is 54.4 Å². The van der Waals surface area contributed by atoms with Crippen LogP contribution in [-0.2, 0) is 24.3 Å². The monoisotopic (exact) mass is 754 g/mol. The van der Waals surface area contributed by atoms with E-state index in [1.165, 1.54) is 12.3 Å². The Morgan fingerprint density at radius 2 is 1.79 bits per heavy atom. The van der Waals surface area contributed by atoms with Gasteiger partial charge in [-0.05, 0) is 82.3 Å². The van der Waals surface area contributed by atoms with Crippen LogP contribution in [-0.4, -0.2) is 121 Å². The van der Waals surface area contributed by atoms with E-state index in [4.69, 9.17) is 13.9 Å². The van der Waals surface area contributed by atoms with Crippen LogP contribution in [0.2, 0.25) is 0 Å². The van der Waals surface area contributed by atoms with Crippen LogP contribution in [0.4, 0.5) is 4.79 Å². The lowest BCUT2D eigenvalue weighted by Gasteiger charge is -2.35. The maximum atomic E-state index is 13.5. The third-order valence-electron chi connectivity index (χ3n) is 8.92. The minimum Gasteiger partial charge on any atom is -0.492 e. The zero-order valence-corrected chi connectivity index (χ0v) is 31.8. The van der Waals surface area contributed by atoms with Crippen LogP contribution in [0.3, 0.4) is 0 Å². The molecule has 4 heterocycles. The topological polar surface area (TPSA) is 181 Å². The van der Waals surface area contributed by atoms with E-state index in [9.17, 15) is 27.6 Å². The number of amides is 3. The maximum absolute atomic E-state index is 13.5. The number of carbonyl (C=O) groups excluding carboxylic acids is 4. The summed E-state index contributed by atoms with van der Waals surface area (Å²) in [5, 5.41) is 6.03. The number of hydrogen-bond acceptors (Lipinski definition) is 11. The molecule has 0 aliphatic carbocycles. The normalized spacial score (nSPS) is 18.4. The highest BCUT2D eigenvalue weighted by Gasteiger charge is 2.35. The molecular formula is C37H50N6O9S. The molecule has 15 nitrogen and oxygen atoms in total. The van der Waals surface area contributed by atoms with E-state index in [-0.39, 0.29) is 35.8 Å². The molecule has 2 unspecified atom stereocenters. The minimum absolute atomic E-state index is 0.0162. The smallest absolute Gasteiger partial charge is 0.410 e. The van der Waals surface area contributed by atoms with Gasteiger partial charge in [-0.3, -0.25) is 19.3 Å². The summed E-state index contributed by atoms with van der Waals surface area (Å²) in [5.41, 5.74) is -0.0602.